The molecule has 0 aliphatic heterocycles. The Kier molecular flexibility index (Phi) is 3.64. The molecule has 0 saturated heterocycles. The third-order valence-electron chi connectivity index (χ3n) is 2.07. The molecule has 0 fully saturated rings. The van der Waals surface area contributed by atoms with E-state index >= 15 is 0 Å². The monoisotopic (exact) mass is 193 g/mol. The van der Waals surface area contributed by atoms with Gasteiger partial charge in [-0.15, -0.1) is 0 Å². The number of nitrogens with zero attached hydrogens (tertiary/aromatic N) is 1. The van der Waals surface area contributed by atoms with E-state index in [0.717, 1.165) is 18.4 Å². The maximum Gasteiger partial charge on any atom is 0.0585 e. The molecule has 0 spiro atoms. The van der Waals surface area contributed by atoms with E-state index in [4.69, 9.17) is 0 Å². The van der Waals surface area contributed by atoms with Gasteiger partial charge in [-0.1, -0.05) is 20.8 Å². The molecule has 1 N–H and O–H groups in total. The lowest BCUT2D eigenvalue weighted by Crippen LogP contribution is -2.19. The highest BCUT2D eigenvalue weighted by Crippen LogP contribution is 2.22. The third-order valence-corrected chi connectivity index (χ3v) is 2.07. The van der Waals surface area contributed by atoms with Gasteiger partial charge < -0.3 is 5.11 Å². The molecule has 0 aromatic carbocycles. The minimum atomic E-state index is -0.252. The number of aromatic nitrogens is 1. The Bertz CT molecular complexity index is 263. The Balaban J connectivity index is 2.46. The van der Waals surface area contributed by atoms with Gasteiger partial charge in [-0.25, -0.2) is 0 Å². The highest BCUT2D eigenvalue weighted by molar-refractivity contribution is 5.10. The molecule has 1 aromatic rings. The summed E-state index contributed by atoms with van der Waals surface area (Å²) in [5, 5.41) is 9.82. The number of rotatable bonds is 3. The second-order valence-electron chi connectivity index (χ2n) is 4.98. The van der Waals surface area contributed by atoms with Gasteiger partial charge in [-0.2, -0.15) is 0 Å². The maximum atomic E-state index is 9.82. The molecule has 1 unspecified atom stereocenters. The smallest absolute Gasteiger partial charge is 0.0585 e. The summed E-state index contributed by atoms with van der Waals surface area (Å²) >= 11 is 0. The van der Waals surface area contributed by atoms with Crippen molar-refractivity contribution in [2.45, 2.75) is 39.7 Å². The van der Waals surface area contributed by atoms with Crippen LogP contribution in [-0.2, 0) is 6.42 Å². The molecule has 2 heteroatoms. The minimum Gasteiger partial charge on any atom is -0.393 e. The molecule has 78 valence electrons. The highest BCUT2D eigenvalue weighted by Gasteiger charge is 2.16. The van der Waals surface area contributed by atoms with Crippen LogP contribution in [0.3, 0.4) is 0 Å². The first-order valence-electron chi connectivity index (χ1n) is 5.04. The zero-order chi connectivity index (χ0) is 10.6. The molecule has 0 bridgehead atoms. The van der Waals surface area contributed by atoms with Crippen molar-refractivity contribution >= 4 is 0 Å². The fraction of sp³-hybridized carbons (Fsp3) is 0.583. The van der Waals surface area contributed by atoms with Gasteiger partial charge >= 0.3 is 0 Å². The van der Waals surface area contributed by atoms with Crippen LogP contribution in [0.25, 0.3) is 0 Å². The first-order chi connectivity index (χ1) is 6.47. The normalized spacial score (nSPS) is 14.0. The van der Waals surface area contributed by atoms with E-state index in [0.29, 0.717) is 0 Å². The van der Waals surface area contributed by atoms with E-state index in [1.165, 1.54) is 0 Å². The fourth-order valence-electron chi connectivity index (χ4n) is 1.57. The van der Waals surface area contributed by atoms with E-state index in [1.54, 1.807) is 12.4 Å². The van der Waals surface area contributed by atoms with Gasteiger partial charge in [0.05, 0.1) is 6.10 Å². The predicted molar refractivity (Wildman–Crippen MR) is 58.0 cm³/mol. The molecule has 0 saturated carbocycles. The summed E-state index contributed by atoms with van der Waals surface area (Å²) in [6.45, 7) is 6.42. The molecule has 1 aromatic heterocycles. The van der Waals surface area contributed by atoms with Crippen LogP contribution in [0.4, 0.5) is 0 Å². The molecule has 0 amide bonds. The molecule has 0 aliphatic carbocycles. The number of aliphatic hydroxyl groups excluding tert-OH is 1. The van der Waals surface area contributed by atoms with E-state index < -0.39 is 0 Å². The highest BCUT2D eigenvalue weighted by atomic mass is 16.3. The lowest BCUT2D eigenvalue weighted by molar-refractivity contribution is 0.121. The minimum absolute atomic E-state index is 0.187. The van der Waals surface area contributed by atoms with Crippen LogP contribution < -0.4 is 0 Å². The van der Waals surface area contributed by atoms with Crippen molar-refractivity contribution in [3.8, 4) is 0 Å². The molecular weight excluding hydrogens is 174 g/mol. The van der Waals surface area contributed by atoms with E-state index in [9.17, 15) is 5.11 Å². The predicted octanol–water partition coefficient (Wildman–Crippen LogP) is 2.42. The van der Waals surface area contributed by atoms with Crippen molar-refractivity contribution in [1.82, 2.24) is 4.98 Å². The SMILES string of the molecule is CC(C)(C)CC(O)Cc1ccncc1. The van der Waals surface area contributed by atoms with Gasteiger partial charge in [0, 0.05) is 12.4 Å². The molecule has 1 heterocycles. The largest absolute Gasteiger partial charge is 0.393 e. The Labute approximate surface area is 86.0 Å². The summed E-state index contributed by atoms with van der Waals surface area (Å²) in [6.07, 6.45) is 4.82. The van der Waals surface area contributed by atoms with Gasteiger partial charge in [0.1, 0.15) is 0 Å². The van der Waals surface area contributed by atoms with Crippen LogP contribution >= 0.6 is 0 Å². The molecule has 0 aliphatic rings. The molecule has 0 radical (unpaired) electrons. The van der Waals surface area contributed by atoms with Crippen LogP contribution in [0.5, 0.6) is 0 Å². The average molecular weight is 193 g/mol. The number of pyridine rings is 1. The molecule has 14 heavy (non-hydrogen) atoms. The van der Waals surface area contributed by atoms with Gasteiger partial charge in [0.15, 0.2) is 0 Å². The number of hydrogen-bond acceptors (Lipinski definition) is 2. The van der Waals surface area contributed by atoms with Crippen molar-refractivity contribution in [2.24, 2.45) is 5.41 Å². The molecule has 2 nitrogen and oxygen atoms in total. The van der Waals surface area contributed by atoms with E-state index in [2.05, 4.69) is 25.8 Å². The Morgan fingerprint density at radius 2 is 1.86 bits per heavy atom. The first kappa shape index (κ1) is 11.2. The second-order valence-corrected chi connectivity index (χ2v) is 4.98. The molecular formula is C12H19NO. The Morgan fingerprint density at radius 3 is 2.36 bits per heavy atom. The maximum absolute atomic E-state index is 9.82. The summed E-state index contributed by atoms with van der Waals surface area (Å²) in [5.41, 5.74) is 1.34. The number of aliphatic hydroxyl groups is 1. The summed E-state index contributed by atoms with van der Waals surface area (Å²) in [4.78, 5) is 3.95. The van der Waals surface area contributed by atoms with Crippen LogP contribution in [0.15, 0.2) is 24.5 Å². The van der Waals surface area contributed by atoms with Crippen LogP contribution in [0, 0.1) is 5.41 Å². The summed E-state index contributed by atoms with van der Waals surface area (Å²) in [6, 6.07) is 3.90. The zero-order valence-corrected chi connectivity index (χ0v) is 9.20. The Hall–Kier alpha value is -0.890. The quantitative estimate of drug-likeness (QED) is 0.799. The summed E-state index contributed by atoms with van der Waals surface area (Å²) in [7, 11) is 0. The third kappa shape index (κ3) is 4.38. The second kappa shape index (κ2) is 4.56. The van der Waals surface area contributed by atoms with Crippen molar-refractivity contribution in [3.63, 3.8) is 0 Å². The van der Waals surface area contributed by atoms with Crippen LogP contribution in [0.1, 0.15) is 32.8 Å². The van der Waals surface area contributed by atoms with Crippen molar-refractivity contribution < 1.29 is 5.11 Å². The van der Waals surface area contributed by atoms with E-state index in [-0.39, 0.29) is 11.5 Å². The summed E-state index contributed by atoms with van der Waals surface area (Å²) < 4.78 is 0. The van der Waals surface area contributed by atoms with Crippen molar-refractivity contribution in [2.75, 3.05) is 0 Å². The number of hydrogen-bond donors (Lipinski definition) is 1. The average Bonchev–Trinajstić information content (AvgIpc) is 2.02. The Morgan fingerprint density at radius 1 is 1.29 bits per heavy atom. The lowest BCUT2D eigenvalue weighted by Gasteiger charge is -2.22. The first-order valence-corrected chi connectivity index (χ1v) is 5.04. The van der Waals surface area contributed by atoms with Crippen molar-refractivity contribution in [3.05, 3.63) is 30.1 Å². The van der Waals surface area contributed by atoms with Gasteiger partial charge in [-0.05, 0) is 36.0 Å². The van der Waals surface area contributed by atoms with Crippen molar-refractivity contribution in [1.29, 1.82) is 0 Å². The zero-order valence-electron chi connectivity index (χ0n) is 9.20. The van der Waals surface area contributed by atoms with Gasteiger partial charge in [0.25, 0.3) is 0 Å². The van der Waals surface area contributed by atoms with E-state index in [1.807, 2.05) is 12.1 Å². The van der Waals surface area contributed by atoms with Crippen LogP contribution in [0.2, 0.25) is 0 Å². The van der Waals surface area contributed by atoms with Crippen LogP contribution in [-0.4, -0.2) is 16.2 Å². The molecule has 1 atom stereocenters. The summed E-state index contributed by atoms with van der Waals surface area (Å²) in [5.74, 6) is 0. The standard InChI is InChI=1S/C12H19NO/c1-12(2,3)9-11(14)8-10-4-6-13-7-5-10/h4-7,11,14H,8-9H2,1-3H3. The fourth-order valence-corrected chi connectivity index (χ4v) is 1.57. The topological polar surface area (TPSA) is 33.1 Å². The lowest BCUT2D eigenvalue weighted by atomic mass is 9.87. The molecule has 1 rings (SSSR count). The van der Waals surface area contributed by atoms with Gasteiger partial charge in [-0.3, -0.25) is 4.98 Å². The van der Waals surface area contributed by atoms with Gasteiger partial charge in [0.2, 0.25) is 0 Å².